The van der Waals surface area contributed by atoms with E-state index in [1.54, 1.807) is 6.08 Å². The van der Waals surface area contributed by atoms with Gasteiger partial charge in [-0.2, -0.15) is 0 Å². The quantitative estimate of drug-likeness (QED) is 0.407. The fraction of sp³-hybridized carbons (Fsp3) is 0.368. The molecule has 1 aromatic rings. The number of hydrogen-bond acceptors (Lipinski definition) is 7. The number of ketones is 1. The molecule has 0 aromatic heterocycles. The van der Waals surface area contributed by atoms with Crippen molar-refractivity contribution in [2.75, 3.05) is 20.8 Å². The average Bonchev–Trinajstić information content (AvgIpc) is 3.14. The first-order valence-electron chi connectivity index (χ1n) is 8.35. The summed E-state index contributed by atoms with van der Waals surface area (Å²) in [5.41, 5.74) is 0.875. The minimum atomic E-state index is -0.913. The number of Topliss-reactive ketones (excluding diaryl/α,β-unsaturated/α-hetero) is 1. The number of carbonyl (C=O) groups is 4. The minimum absolute atomic E-state index is 0.0464. The van der Waals surface area contributed by atoms with Crippen LogP contribution in [0.3, 0.4) is 0 Å². The number of methoxy groups -OCH3 is 2. The van der Waals surface area contributed by atoms with E-state index in [1.807, 2.05) is 30.3 Å². The average molecular weight is 375 g/mol. The van der Waals surface area contributed by atoms with Crippen molar-refractivity contribution < 1.29 is 33.4 Å². The Morgan fingerprint density at radius 2 is 1.78 bits per heavy atom. The predicted octanol–water partition coefficient (Wildman–Crippen LogP) is 1.83. The van der Waals surface area contributed by atoms with Gasteiger partial charge in [-0.3, -0.25) is 9.69 Å². The number of benzene rings is 1. The molecule has 0 aliphatic carbocycles. The molecule has 1 unspecified atom stereocenters. The van der Waals surface area contributed by atoms with E-state index < -0.39 is 23.8 Å². The van der Waals surface area contributed by atoms with Crippen LogP contribution >= 0.6 is 0 Å². The Morgan fingerprint density at radius 3 is 2.41 bits per heavy atom. The summed E-state index contributed by atoms with van der Waals surface area (Å²) < 4.78 is 14.3. The smallest absolute Gasteiger partial charge is 0.414 e. The van der Waals surface area contributed by atoms with Crippen molar-refractivity contribution in [3.8, 4) is 0 Å². The van der Waals surface area contributed by atoms with Crippen LogP contribution in [0.5, 0.6) is 0 Å². The fourth-order valence-electron chi connectivity index (χ4n) is 2.66. The fourth-order valence-corrected chi connectivity index (χ4v) is 2.66. The van der Waals surface area contributed by atoms with Gasteiger partial charge in [-0.05, 0) is 24.0 Å². The van der Waals surface area contributed by atoms with Crippen LogP contribution in [0, 0.1) is 5.92 Å². The zero-order chi connectivity index (χ0) is 19.8. The van der Waals surface area contributed by atoms with Crippen LogP contribution in [0.25, 0.3) is 0 Å². The maximum absolute atomic E-state index is 12.4. The van der Waals surface area contributed by atoms with E-state index in [4.69, 9.17) is 9.47 Å². The lowest BCUT2D eigenvalue weighted by molar-refractivity contribution is -0.151. The Kier molecular flexibility index (Phi) is 7.10. The van der Waals surface area contributed by atoms with Crippen LogP contribution in [-0.4, -0.2) is 49.5 Å². The summed E-state index contributed by atoms with van der Waals surface area (Å²) >= 11 is 0. The molecule has 1 atom stereocenters. The number of ether oxygens (including phenoxy) is 3. The molecule has 0 spiro atoms. The molecule has 27 heavy (non-hydrogen) atoms. The van der Waals surface area contributed by atoms with E-state index in [2.05, 4.69) is 4.74 Å². The van der Waals surface area contributed by atoms with Gasteiger partial charge in [0.2, 0.25) is 5.78 Å². The lowest BCUT2D eigenvalue weighted by atomic mass is 10.0. The molecule has 8 nitrogen and oxygen atoms in total. The standard InChI is InChI=1S/C19H21NO7/c1-25-17(22)15-10-14(8-9-16(21)18(23)26-2)11-20(15)19(24)27-12-13-6-4-3-5-7-13/h3-7,10,14H,8-9,11-12H2,1-2H3. The van der Waals surface area contributed by atoms with Gasteiger partial charge in [0.25, 0.3) is 0 Å². The molecule has 2 rings (SSSR count). The van der Waals surface area contributed by atoms with Crippen molar-refractivity contribution >= 4 is 23.8 Å². The highest BCUT2D eigenvalue weighted by Gasteiger charge is 2.34. The highest BCUT2D eigenvalue weighted by molar-refractivity contribution is 6.33. The molecule has 1 aliphatic rings. The SMILES string of the molecule is COC(=O)C(=O)CCC1C=C(C(=O)OC)N(C(=O)OCc2ccccc2)C1. The molecule has 0 saturated carbocycles. The van der Waals surface area contributed by atoms with Gasteiger partial charge in [0.05, 0.1) is 14.2 Å². The maximum atomic E-state index is 12.4. The molecule has 0 N–H and O–H groups in total. The third-order valence-corrected chi connectivity index (χ3v) is 4.08. The third-order valence-electron chi connectivity index (χ3n) is 4.08. The first kappa shape index (κ1) is 20.2. The highest BCUT2D eigenvalue weighted by Crippen LogP contribution is 2.26. The lowest BCUT2D eigenvalue weighted by Gasteiger charge is -2.19. The maximum Gasteiger partial charge on any atom is 0.414 e. The van der Waals surface area contributed by atoms with Crippen molar-refractivity contribution in [3.05, 3.63) is 47.7 Å². The molecule has 0 radical (unpaired) electrons. The van der Waals surface area contributed by atoms with Gasteiger partial charge in [0.1, 0.15) is 12.3 Å². The second-order valence-corrected chi connectivity index (χ2v) is 5.91. The van der Waals surface area contributed by atoms with Gasteiger partial charge in [-0.15, -0.1) is 0 Å². The Bertz CT molecular complexity index is 742. The zero-order valence-electron chi connectivity index (χ0n) is 15.2. The van der Waals surface area contributed by atoms with E-state index in [1.165, 1.54) is 12.0 Å². The summed E-state index contributed by atoms with van der Waals surface area (Å²) in [6.45, 7) is 0.225. The van der Waals surface area contributed by atoms with Gasteiger partial charge in [-0.1, -0.05) is 30.3 Å². The van der Waals surface area contributed by atoms with E-state index in [0.717, 1.165) is 12.7 Å². The van der Waals surface area contributed by atoms with Crippen molar-refractivity contribution in [1.29, 1.82) is 0 Å². The molecule has 0 saturated heterocycles. The van der Waals surface area contributed by atoms with Crippen LogP contribution in [0.1, 0.15) is 18.4 Å². The summed E-state index contributed by atoms with van der Waals surface area (Å²) in [5.74, 6) is -2.52. The van der Waals surface area contributed by atoms with Gasteiger partial charge in [-0.25, -0.2) is 14.4 Å². The second-order valence-electron chi connectivity index (χ2n) is 5.91. The van der Waals surface area contributed by atoms with E-state index in [-0.39, 0.29) is 37.6 Å². The van der Waals surface area contributed by atoms with Crippen molar-refractivity contribution in [3.63, 3.8) is 0 Å². The molecule has 1 amide bonds. The molecule has 8 heteroatoms. The Balaban J connectivity index is 1.99. The second kappa shape index (κ2) is 9.51. The summed E-state index contributed by atoms with van der Waals surface area (Å²) in [5, 5.41) is 0. The predicted molar refractivity (Wildman–Crippen MR) is 93.2 cm³/mol. The molecule has 1 heterocycles. The number of nitrogens with zero attached hydrogens (tertiary/aromatic N) is 1. The molecular formula is C19H21NO7. The van der Waals surface area contributed by atoms with Crippen molar-refractivity contribution in [2.24, 2.45) is 5.92 Å². The third kappa shape index (κ3) is 5.40. The van der Waals surface area contributed by atoms with Crippen LogP contribution in [0.2, 0.25) is 0 Å². The van der Waals surface area contributed by atoms with Gasteiger partial charge in [0.15, 0.2) is 0 Å². The Labute approximate surface area is 156 Å². The first-order valence-corrected chi connectivity index (χ1v) is 8.35. The topological polar surface area (TPSA) is 99.2 Å². The first-order chi connectivity index (χ1) is 13.0. The summed E-state index contributed by atoms with van der Waals surface area (Å²) in [6.07, 6.45) is 1.11. The number of esters is 2. The lowest BCUT2D eigenvalue weighted by Crippen LogP contribution is -2.33. The van der Waals surface area contributed by atoms with E-state index in [9.17, 15) is 19.2 Å². The summed E-state index contributed by atoms with van der Waals surface area (Å²) in [4.78, 5) is 48.3. The highest BCUT2D eigenvalue weighted by atomic mass is 16.6. The minimum Gasteiger partial charge on any atom is -0.464 e. The van der Waals surface area contributed by atoms with Crippen LogP contribution in [0.15, 0.2) is 42.1 Å². The van der Waals surface area contributed by atoms with E-state index >= 15 is 0 Å². The van der Waals surface area contributed by atoms with Crippen LogP contribution < -0.4 is 0 Å². The molecule has 0 bridgehead atoms. The van der Waals surface area contributed by atoms with Crippen molar-refractivity contribution in [2.45, 2.75) is 19.4 Å². The van der Waals surface area contributed by atoms with Gasteiger partial charge < -0.3 is 14.2 Å². The number of hydrogen-bond donors (Lipinski definition) is 0. The number of amides is 1. The molecule has 1 aliphatic heterocycles. The zero-order valence-corrected chi connectivity index (χ0v) is 15.2. The monoisotopic (exact) mass is 375 g/mol. The van der Waals surface area contributed by atoms with Gasteiger partial charge in [0, 0.05) is 13.0 Å². The summed E-state index contributed by atoms with van der Waals surface area (Å²) in [6, 6.07) is 9.13. The largest absolute Gasteiger partial charge is 0.464 e. The summed E-state index contributed by atoms with van der Waals surface area (Å²) in [7, 11) is 2.35. The molecule has 1 aromatic carbocycles. The molecule has 0 fully saturated rings. The number of rotatable bonds is 7. The normalized spacial score (nSPS) is 15.7. The van der Waals surface area contributed by atoms with E-state index in [0.29, 0.717) is 0 Å². The molecule has 144 valence electrons. The Morgan fingerprint density at radius 1 is 1.07 bits per heavy atom. The van der Waals surface area contributed by atoms with Crippen molar-refractivity contribution in [1.82, 2.24) is 4.90 Å². The Hall–Kier alpha value is -3.16. The molecular weight excluding hydrogens is 354 g/mol. The van der Waals surface area contributed by atoms with Crippen LogP contribution in [0.4, 0.5) is 4.79 Å². The number of carbonyl (C=O) groups excluding carboxylic acids is 4. The van der Waals surface area contributed by atoms with Crippen LogP contribution in [-0.2, 0) is 35.2 Å². The van der Waals surface area contributed by atoms with Gasteiger partial charge >= 0.3 is 18.0 Å².